The molecule has 0 aromatic heterocycles. The molecule has 0 N–H and O–H groups in total. The lowest BCUT2D eigenvalue weighted by Gasteiger charge is -2.39. The van der Waals surface area contributed by atoms with E-state index in [2.05, 4.69) is 18.7 Å². The van der Waals surface area contributed by atoms with Gasteiger partial charge in [0.2, 0.25) is 0 Å². The molecule has 0 aromatic rings. The molecule has 17 heavy (non-hydrogen) atoms. The highest BCUT2D eigenvalue weighted by Crippen LogP contribution is 2.24. The van der Waals surface area contributed by atoms with Crippen LogP contribution in [-0.2, 0) is 9.53 Å². The van der Waals surface area contributed by atoms with E-state index in [1.807, 2.05) is 6.92 Å². The van der Waals surface area contributed by atoms with E-state index in [4.69, 9.17) is 4.74 Å². The van der Waals surface area contributed by atoms with Crippen molar-refractivity contribution < 1.29 is 9.53 Å². The fraction of sp³-hybridized carbons (Fsp3) is 0.929. The van der Waals surface area contributed by atoms with Gasteiger partial charge in [-0.15, -0.1) is 0 Å². The maximum Gasteiger partial charge on any atom is 0.323 e. The molecule has 0 saturated carbocycles. The Bertz CT molecular complexity index is 228. The Kier molecular flexibility index (Phi) is 6.56. The van der Waals surface area contributed by atoms with Crippen molar-refractivity contribution in [3.63, 3.8) is 0 Å². The number of nitrogens with zero attached hydrogens (tertiary/aromatic N) is 1. The summed E-state index contributed by atoms with van der Waals surface area (Å²) in [6.45, 7) is 7.73. The van der Waals surface area contributed by atoms with E-state index in [-0.39, 0.29) is 12.0 Å². The van der Waals surface area contributed by atoms with Gasteiger partial charge in [0.25, 0.3) is 0 Å². The number of esters is 1. The zero-order valence-corrected chi connectivity index (χ0v) is 11.6. The summed E-state index contributed by atoms with van der Waals surface area (Å²) >= 11 is 0. The summed E-state index contributed by atoms with van der Waals surface area (Å²) < 4.78 is 5.19. The van der Waals surface area contributed by atoms with Gasteiger partial charge in [0.1, 0.15) is 6.04 Å². The van der Waals surface area contributed by atoms with Gasteiger partial charge >= 0.3 is 5.97 Å². The van der Waals surface area contributed by atoms with Crippen molar-refractivity contribution in [2.45, 2.75) is 71.4 Å². The van der Waals surface area contributed by atoms with E-state index in [0.717, 1.165) is 13.0 Å². The SMILES string of the molecule is CCCC1CCCCN1C(CC)C(=O)OCC. The molecule has 0 bridgehead atoms. The number of likely N-dealkylation sites (tertiary alicyclic amines) is 1. The molecule has 0 radical (unpaired) electrons. The van der Waals surface area contributed by atoms with Crippen molar-refractivity contribution in [2.75, 3.05) is 13.2 Å². The summed E-state index contributed by atoms with van der Waals surface area (Å²) in [4.78, 5) is 14.4. The molecule has 100 valence electrons. The van der Waals surface area contributed by atoms with Gasteiger partial charge in [0.05, 0.1) is 6.61 Å². The van der Waals surface area contributed by atoms with Crippen LogP contribution in [0.4, 0.5) is 0 Å². The highest BCUT2D eigenvalue weighted by Gasteiger charge is 2.32. The van der Waals surface area contributed by atoms with Crippen LogP contribution in [0.15, 0.2) is 0 Å². The van der Waals surface area contributed by atoms with Crippen molar-refractivity contribution in [1.29, 1.82) is 0 Å². The molecule has 2 unspecified atom stereocenters. The number of rotatable bonds is 6. The third-order valence-corrected chi connectivity index (χ3v) is 3.64. The van der Waals surface area contributed by atoms with Crippen LogP contribution >= 0.6 is 0 Å². The molecular weight excluding hydrogens is 214 g/mol. The van der Waals surface area contributed by atoms with E-state index >= 15 is 0 Å². The highest BCUT2D eigenvalue weighted by molar-refractivity contribution is 5.75. The standard InChI is InChI=1S/C14H27NO2/c1-4-9-12-10-7-8-11-15(12)13(5-2)14(16)17-6-3/h12-13H,4-11H2,1-3H3. The molecule has 1 aliphatic heterocycles. The molecule has 1 heterocycles. The van der Waals surface area contributed by atoms with Crippen LogP contribution < -0.4 is 0 Å². The van der Waals surface area contributed by atoms with Gasteiger partial charge in [-0.1, -0.05) is 26.7 Å². The second-order valence-electron chi connectivity index (χ2n) is 4.85. The second-order valence-corrected chi connectivity index (χ2v) is 4.85. The molecule has 1 rings (SSSR count). The van der Waals surface area contributed by atoms with E-state index in [9.17, 15) is 4.79 Å². The normalized spacial score (nSPS) is 23.4. The maximum absolute atomic E-state index is 12.0. The van der Waals surface area contributed by atoms with Gasteiger partial charge in [-0.2, -0.15) is 0 Å². The summed E-state index contributed by atoms with van der Waals surface area (Å²) in [5.41, 5.74) is 0. The lowest BCUT2D eigenvalue weighted by atomic mass is 9.95. The Morgan fingerprint density at radius 3 is 2.71 bits per heavy atom. The Morgan fingerprint density at radius 1 is 1.35 bits per heavy atom. The van der Waals surface area contributed by atoms with Gasteiger partial charge in [-0.3, -0.25) is 9.69 Å². The van der Waals surface area contributed by atoms with E-state index in [1.165, 1.54) is 32.1 Å². The number of carbonyl (C=O) groups is 1. The summed E-state index contributed by atoms with van der Waals surface area (Å²) in [6, 6.07) is 0.565. The first-order valence-corrected chi connectivity index (χ1v) is 7.16. The number of ether oxygens (including phenoxy) is 1. The van der Waals surface area contributed by atoms with Crippen molar-refractivity contribution in [1.82, 2.24) is 4.90 Å². The summed E-state index contributed by atoms with van der Waals surface area (Å²) in [6.07, 6.45) is 7.02. The Balaban J connectivity index is 2.66. The summed E-state index contributed by atoms with van der Waals surface area (Å²) in [5.74, 6) is -0.0296. The average molecular weight is 241 g/mol. The number of hydrogen-bond acceptors (Lipinski definition) is 3. The fourth-order valence-corrected chi connectivity index (χ4v) is 2.85. The van der Waals surface area contributed by atoms with Crippen LogP contribution in [-0.4, -0.2) is 36.1 Å². The Labute approximate surface area is 106 Å². The molecular formula is C14H27NO2. The molecule has 1 saturated heterocycles. The minimum absolute atomic E-state index is 0.0215. The molecule has 1 aliphatic rings. The lowest BCUT2D eigenvalue weighted by Crippen LogP contribution is -2.50. The number of carbonyl (C=O) groups excluding carboxylic acids is 1. The third-order valence-electron chi connectivity index (χ3n) is 3.64. The molecule has 0 aliphatic carbocycles. The molecule has 2 atom stereocenters. The number of piperidine rings is 1. The third kappa shape index (κ3) is 3.98. The van der Waals surface area contributed by atoms with Crippen LogP contribution in [0.25, 0.3) is 0 Å². The zero-order chi connectivity index (χ0) is 12.7. The van der Waals surface area contributed by atoms with Gasteiger partial charge in [-0.05, 0) is 39.2 Å². The van der Waals surface area contributed by atoms with Crippen LogP contribution in [0.5, 0.6) is 0 Å². The van der Waals surface area contributed by atoms with Crippen LogP contribution in [0.2, 0.25) is 0 Å². The number of hydrogen-bond donors (Lipinski definition) is 0. The molecule has 0 amide bonds. The van der Waals surface area contributed by atoms with Gasteiger partial charge in [-0.25, -0.2) is 0 Å². The predicted molar refractivity (Wildman–Crippen MR) is 70.0 cm³/mol. The Hall–Kier alpha value is -0.570. The van der Waals surface area contributed by atoms with Gasteiger partial charge < -0.3 is 4.74 Å². The minimum Gasteiger partial charge on any atom is -0.465 e. The Morgan fingerprint density at radius 2 is 2.12 bits per heavy atom. The largest absolute Gasteiger partial charge is 0.465 e. The fourth-order valence-electron chi connectivity index (χ4n) is 2.85. The smallest absolute Gasteiger partial charge is 0.323 e. The summed E-state index contributed by atoms with van der Waals surface area (Å²) in [7, 11) is 0. The minimum atomic E-state index is -0.0296. The topological polar surface area (TPSA) is 29.5 Å². The molecule has 1 fully saturated rings. The van der Waals surface area contributed by atoms with Crippen molar-refractivity contribution in [3.8, 4) is 0 Å². The lowest BCUT2D eigenvalue weighted by molar-refractivity contribution is -0.151. The molecule has 0 aromatic carbocycles. The van der Waals surface area contributed by atoms with Gasteiger partial charge in [0, 0.05) is 6.04 Å². The summed E-state index contributed by atoms with van der Waals surface area (Å²) in [5, 5.41) is 0. The molecule has 3 nitrogen and oxygen atoms in total. The first kappa shape index (κ1) is 14.5. The van der Waals surface area contributed by atoms with Crippen LogP contribution in [0.3, 0.4) is 0 Å². The van der Waals surface area contributed by atoms with E-state index in [0.29, 0.717) is 12.6 Å². The second kappa shape index (κ2) is 7.70. The van der Waals surface area contributed by atoms with Crippen LogP contribution in [0.1, 0.15) is 59.3 Å². The monoisotopic (exact) mass is 241 g/mol. The van der Waals surface area contributed by atoms with Crippen molar-refractivity contribution in [3.05, 3.63) is 0 Å². The molecule has 0 spiro atoms. The first-order chi connectivity index (χ1) is 8.24. The quantitative estimate of drug-likeness (QED) is 0.670. The van der Waals surface area contributed by atoms with E-state index < -0.39 is 0 Å². The maximum atomic E-state index is 12.0. The van der Waals surface area contributed by atoms with E-state index in [1.54, 1.807) is 0 Å². The highest BCUT2D eigenvalue weighted by atomic mass is 16.5. The van der Waals surface area contributed by atoms with Crippen molar-refractivity contribution >= 4 is 5.97 Å². The average Bonchev–Trinajstić information content (AvgIpc) is 2.33. The van der Waals surface area contributed by atoms with Crippen LogP contribution in [0, 0.1) is 0 Å². The van der Waals surface area contributed by atoms with Crippen molar-refractivity contribution in [2.24, 2.45) is 0 Å². The van der Waals surface area contributed by atoms with Gasteiger partial charge in [0.15, 0.2) is 0 Å². The first-order valence-electron chi connectivity index (χ1n) is 7.16. The predicted octanol–water partition coefficient (Wildman–Crippen LogP) is 2.98. The molecule has 3 heteroatoms. The zero-order valence-electron chi connectivity index (χ0n) is 11.6.